The topological polar surface area (TPSA) is 99.3 Å². The first-order valence-electron chi connectivity index (χ1n) is 7.76. The molecule has 1 aliphatic heterocycles. The Bertz CT molecular complexity index is 931. The Hall–Kier alpha value is -2.40. The number of hydrogen-bond acceptors (Lipinski definition) is 5. The van der Waals surface area contributed by atoms with E-state index >= 15 is 0 Å². The van der Waals surface area contributed by atoms with Crippen LogP contribution in [0.25, 0.3) is 0 Å². The largest absolute Gasteiger partial charge is 0.334 e. The molecule has 1 N–H and O–H groups in total. The molecule has 0 spiro atoms. The molecule has 0 atom stereocenters. The van der Waals surface area contributed by atoms with Crippen molar-refractivity contribution < 1.29 is 22.0 Å². The predicted octanol–water partition coefficient (Wildman–Crippen LogP) is 1.01. The maximum Gasteiger partial charge on any atom is 0.276 e. The van der Waals surface area contributed by atoms with Gasteiger partial charge >= 0.3 is 0 Å². The molecule has 11 heteroatoms. The Morgan fingerprint density at radius 3 is 2.62 bits per heavy atom. The molecule has 8 nitrogen and oxygen atoms in total. The fourth-order valence-electron chi connectivity index (χ4n) is 3.02. The number of halogens is 2. The number of sulfonamides is 1. The van der Waals surface area contributed by atoms with Gasteiger partial charge in [0.1, 0.15) is 16.5 Å². The first-order valence-corrected chi connectivity index (χ1v) is 9.20. The number of hydrogen-bond donors (Lipinski definition) is 1. The maximum atomic E-state index is 14.0. The molecule has 0 saturated carbocycles. The fraction of sp³-hybridized carbons (Fsp3) is 0.400. The predicted molar refractivity (Wildman–Crippen MR) is 86.6 cm³/mol. The van der Waals surface area contributed by atoms with Gasteiger partial charge in [-0.3, -0.25) is 4.79 Å². The summed E-state index contributed by atoms with van der Waals surface area (Å²) in [5.74, 6) is -2.26. The molecule has 1 aliphatic rings. The number of piperazine rings is 1. The number of amides is 1. The van der Waals surface area contributed by atoms with Gasteiger partial charge in [-0.2, -0.15) is 19.7 Å². The highest BCUT2D eigenvalue weighted by atomic mass is 32.2. The van der Waals surface area contributed by atoms with E-state index in [-0.39, 0.29) is 31.2 Å². The summed E-state index contributed by atoms with van der Waals surface area (Å²) in [6.07, 6.45) is 1.28. The molecule has 1 aromatic heterocycles. The van der Waals surface area contributed by atoms with Crippen molar-refractivity contribution in [3.63, 3.8) is 0 Å². The van der Waals surface area contributed by atoms with Crippen LogP contribution in [0.1, 0.15) is 24.3 Å². The lowest BCUT2D eigenvalue weighted by Gasteiger charge is -2.45. The highest BCUT2D eigenvalue weighted by Crippen LogP contribution is 2.30. The number of benzene rings is 1. The van der Waals surface area contributed by atoms with Crippen molar-refractivity contribution in [3.8, 4) is 0 Å². The van der Waals surface area contributed by atoms with Crippen LogP contribution in [0.2, 0.25) is 0 Å². The normalized spacial score (nSPS) is 18.1. The molecular formula is C15H17F2N5O3S. The Morgan fingerprint density at radius 2 is 2.00 bits per heavy atom. The van der Waals surface area contributed by atoms with Crippen molar-refractivity contribution in [1.82, 2.24) is 24.6 Å². The van der Waals surface area contributed by atoms with Gasteiger partial charge in [-0.15, -0.1) is 0 Å². The van der Waals surface area contributed by atoms with Crippen LogP contribution >= 0.6 is 0 Å². The third kappa shape index (κ3) is 3.19. The molecule has 0 unspecified atom stereocenters. The van der Waals surface area contributed by atoms with Crippen molar-refractivity contribution in [2.24, 2.45) is 0 Å². The van der Waals surface area contributed by atoms with Crippen molar-refractivity contribution in [2.45, 2.75) is 24.3 Å². The standard InChI is InChI=1S/C15H17F2N5O3S/c1-15(2)9-21(14(23)12-8-18-20-19-12)5-6-22(15)26(24,25)13-7-10(16)3-4-11(13)17/h3-4,7-8H,5-6,9H2,1-2H3,(H,18,19,20). The van der Waals surface area contributed by atoms with Gasteiger partial charge in [-0.25, -0.2) is 17.2 Å². The third-order valence-electron chi connectivity index (χ3n) is 4.21. The van der Waals surface area contributed by atoms with E-state index in [1.54, 1.807) is 13.8 Å². The second-order valence-electron chi connectivity index (χ2n) is 6.55. The summed E-state index contributed by atoms with van der Waals surface area (Å²) in [6.45, 7) is 3.32. The van der Waals surface area contributed by atoms with Gasteiger partial charge in [0.2, 0.25) is 10.0 Å². The summed E-state index contributed by atoms with van der Waals surface area (Å²) in [5.41, 5.74) is -0.914. The number of rotatable bonds is 3. The molecule has 3 rings (SSSR count). The molecule has 2 aromatic rings. The summed E-state index contributed by atoms with van der Waals surface area (Å²) >= 11 is 0. The van der Waals surface area contributed by atoms with E-state index in [1.807, 2.05) is 0 Å². The van der Waals surface area contributed by atoms with Gasteiger partial charge in [-0.1, -0.05) is 0 Å². The Morgan fingerprint density at radius 1 is 1.27 bits per heavy atom. The molecular weight excluding hydrogens is 368 g/mol. The minimum Gasteiger partial charge on any atom is -0.334 e. The van der Waals surface area contributed by atoms with E-state index in [0.29, 0.717) is 6.07 Å². The molecule has 0 bridgehead atoms. The lowest BCUT2D eigenvalue weighted by molar-refractivity contribution is 0.0489. The third-order valence-corrected chi connectivity index (χ3v) is 6.33. The van der Waals surface area contributed by atoms with E-state index in [1.165, 1.54) is 11.1 Å². The molecule has 1 amide bonds. The van der Waals surface area contributed by atoms with Crippen molar-refractivity contribution >= 4 is 15.9 Å². The second kappa shape index (κ2) is 6.40. The van der Waals surface area contributed by atoms with Crippen LogP contribution in [-0.4, -0.2) is 64.1 Å². The zero-order chi connectivity index (χ0) is 19.1. The Balaban J connectivity index is 1.88. The highest BCUT2D eigenvalue weighted by Gasteiger charge is 2.44. The van der Waals surface area contributed by atoms with Crippen LogP contribution in [0.15, 0.2) is 29.3 Å². The van der Waals surface area contributed by atoms with E-state index in [4.69, 9.17) is 0 Å². The van der Waals surface area contributed by atoms with Crippen LogP contribution in [-0.2, 0) is 10.0 Å². The number of aromatic nitrogens is 3. The number of nitrogens with zero attached hydrogens (tertiary/aromatic N) is 4. The summed E-state index contributed by atoms with van der Waals surface area (Å²) < 4.78 is 54.3. The summed E-state index contributed by atoms with van der Waals surface area (Å²) in [4.78, 5) is 13.1. The van der Waals surface area contributed by atoms with Crippen LogP contribution in [0.5, 0.6) is 0 Å². The number of carbonyl (C=O) groups excluding carboxylic acids is 1. The smallest absolute Gasteiger partial charge is 0.276 e. The monoisotopic (exact) mass is 385 g/mol. The van der Waals surface area contributed by atoms with Gasteiger partial charge in [-0.05, 0) is 32.0 Å². The summed E-state index contributed by atoms with van der Waals surface area (Å²) in [7, 11) is -4.28. The molecule has 0 aliphatic carbocycles. The first kappa shape index (κ1) is 18.4. The lowest BCUT2D eigenvalue weighted by Crippen LogP contribution is -2.62. The second-order valence-corrected chi connectivity index (χ2v) is 8.38. The van der Waals surface area contributed by atoms with Crippen molar-refractivity contribution in [1.29, 1.82) is 0 Å². The summed E-state index contributed by atoms with van der Waals surface area (Å²) in [6, 6.07) is 2.29. The van der Waals surface area contributed by atoms with Gasteiger partial charge in [0.05, 0.1) is 6.20 Å². The Labute approximate surface area is 148 Å². The Kier molecular flexibility index (Phi) is 4.53. The first-order chi connectivity index (χ1) is 12.1. The molecule has 1 fully saturated rings. The van der Waals surface area contributed by atoms with E-state index < -0.39 is 32.1 Å². The van der Waals surface area contributed by atoms with Gasteiger partial charge in [0, 0.05) is 25.2 Å². The van der Waals surface area contributed by atoms with E-state index in [9.17, 15) is 22.0 Å². The zero-order valence-corrected chi connectivity index (χ0v) is 14.9. The van der Waals surface area contributed by atoms with Gasteiger partial charge in [0.25, 0.3) is 5.91 Å². The molecule has 1 aromatic carbocycles. The minimum atomic E-state index is -4.28. The molecule has 1 saturated heterocycles. The number of H-pyrrole nitrogens is 1. The van der Waals surface area contributed by atoms with Gasteiger partial charge in [0.15, 0.2) is 5.69 Å². The van der Waals surface area contributed by atoms with Gasteiger partial charge < -0.3 is 4.90 Å². The number of aromatic amines is 1. The number of carbonyl (C=O) groups is 1. The lowest BCUT2D eigenvalue weighted by atomic mass is 10.0. The fourth-order valence-corrected chi connectivity index (χ4v) is 4.86. The van der Waals surface area contributed by atoms with Crippen molar-refractivity contribution in [2.75, 3.05) is 19.6 Å². The molecule has 26 heavy (non-hydrogen) atoms. The SMILES string of the molecule is CC1(C)CN(C(=O)c2cn[nH]n2)CCN1S(=O)(=O)c1cc(F)ccc1F. The average Bonchev–Trinajstić information content (AvgIpc) is 3.09. The maximum absolute atomic E-state index is 14.0. The molecule has 2 heterocycles. The quantitative estimate of drug-likeness (QED) is 0.850. The van der Waals surface area contributed by atoms with Crippen LogP contribution < -0.4 is 0 Å². The zero-order valence-electron chi connectivity index (χ0n) is 14.1. The van der Waals surface area contributed by atoms with Crippen LogP contribution in [0.4, 0.5) is 8.78 Å². The van der Waals surface area contributed by atoms with E-state index in [2.05, 4.69) is 15.4 Å². The van der Waals surface area contributed by atoms with Crippen LogP contribution in [0.3, 0.4) is 0 Å². The molecule has 0 radical (unpaired) electrons. The van der Waals surface area contributed by atoms with E-state index in [0.717, 1.165) is 16.4 Å². The summed E-state index contributed by atoms with van der Waals surface area (Å²) in [5, 5.41) is 9.65. The van der Waals surface area contributed by atoms with Crippen molar-refractivity contribution in [3.05, 3.63) is 41.7 Å². The molecule has 140 valence electrons. The highest BCUT2D eigenvalue weighted by molar-refractivity contribution is 7.89. The number of nitrogens with one attached hydrogen (secondary N) is 1. The minimum absolute atomic E-state index is 0.0606. The average molecular weight is 385 g/mol. The van der Waals surface area contributed by atoms with Crippen LogP contribution in [0, 0.1) is 11.6 Å².